The Kier molecular flexibility index (Phi) is 6.93. The minimum Gasteiger partial charge on any atom is -0.381 e. The highest BCUT2D eigenvalue weighted by Crippen LogP contribution is 2.33. The van der Waals surface area contributed by atoms with Crippen molar-refractivity contribution >= 4 is 45.0 Å². The average Bonchev–Trinajstić information content (AvgIpc) is 3.37. The monoisotopic (exact) mass is 391 g/mol. The Labute approximate surface area is 166 Å². The van der Waals surface area contributed by atoms with E-state index < -0.39 is 0 Å². The van der Waals surface area contributed by atoms with Gasteiger partial charge in [0.15, 0.2) is 0 Å². The molecule has 0 saturated heterocycles. The lowest BCUT2D eigenvalue weighted by Crippen LogP contribution is -2.14. The molecule has 0 spiro atoms. The summed E-state index contributed by atoms with van der Waals surface area (Å²) in [4.78, 5) is 8.49. The molecule has 1 atom stereocenters. The molecule has 1 aromatic heterocycles. The quantitative estimate of drug-likeness (QED) is 0.584. The van der Waals surface area contributed by atoms with Crippen LogP contribution in [0, 0.1) is 0 Å². The minimum atomic E-state index is 0.473. The number of H-pyrrole nitrogens is 1. The molecule has 1 unspecified atom stereocenters. The molecule has 1 fully saturated rings. The van der Waals surface area contributed by atoms with E-state index in [9.17, 15) is 0 Å². The Hall–Kier alpha value is -1.13. The van der Waals surface area contributed by atoms with E-state index in [0.717, 1.165) is 32.7 Å². The fraction of sp³-hybridized carbons (Fsp3) is 0.571. The van der Waals surface area contributed by atoms with Gasteiger partial charge in [0.05, 0.1) is 22.9 Å². The summed E-state index contributed by atoms with van der Waals surface area (Å²) in [6.45, 7) is 6.23. The molecular formula is C21H30ClN3S. The van der Waals surface area contributed by atoms with E-state index >= 15 is 0 Å². The largest absolute Gasteiger partial charge is 0.381 e. The topological polar surface area (TPSA) is 40.2 Å². The van der Waals surface area contributed by atoms with Crippen LogP contribution in [-0.2, 0) is 0 Å². The van der Waals surface area contributed by atoms with E-state index in [2.05, 4.69) is 23.3 Å². The molecule has 2 N–H and O–H groups in total. The number of nitrogens with zero attached hydrogens (tertiary/aromatic N) is 1. The van der Waals surface area contributed by atoms with Crippen molar-refractivity contribution in [1.29, 1.82) is 0 Å². The van der Waals surface area contributed by atoms with E-state index in [4.69, 9.17) is 16.6 Å². The Morgan fingerprint density at radius 2 is 2.00 bits per heavy atom. The highest BCUT2D eigenvalue weighted by molar-refractivity contribution is 8.14. The van der Waals surface area contributed by atoms with Crippen LogP contribution in [0.3, 0.4) is 0 Å². The first-order valence-electron chi connectivity index (χ1n) is 10.0. The summed E-state index contributed by atoms with van der Waals surface area (Å²) in [6.07, 6.45) is 7.52. The van der Waals surface area contributed by atoms with Gasteiger partial charge in [-0.1, -0.05) is 51.6 Å². The van der Waals surface area contributed by atoms with Gasteiger partial charge >= 0.3 is 0 Å². The molecule has 0 amide bonds. The van der Waals surface area contributed by atoms with Crippen molar-refractivity contribution in [2.45, 2.75) is 71.4 Å². The van der Waals surface area contributed by atoms with Gasteiger partial charge in [0.25, 0.3) is 0 Å². The Balaban J connectivity index is 0.000000948. The van der Waals surface area contributed by atoms with Gasteiger partial charge in [-0.15, -0.1) is 11.8 Å². The zero-order valence-electron chi connectivity index (χ0n) is 16.1. The summed E-state index contributed by atoms with van der Waals surface area (Å²) in [6, 6.07) is 7.33. The number of hydrogen-bond donors (Lipinski definition) is 2. The van der Waals surface area contributed by atoms with Crippen molar-refractivity contribution in [2.24, 2.45) is 4.99 Å². The van der Waals surface area contributed by atoms with Crippen molar-refractivity contribution in [3.8, 4) is 0 Å². The third-order valence-electron chi connectivity index (χ3n) is 4.97. The maximum Gasteiger partial charge on any atom is 0.114 e. The second-order valence-corrected chi connectivity index (χ2v) is 8.36. The van der Waals surface area contributed by atoms with E-state index in [1.54, 1.807) is 0 Å². The second-order valence-electron chi connectivity index (χ2n) is 6.91. The molecule has 26 heavy (non-hydrogen) atoms. The lowest BCUT2D eigenvalue weighted by atomic mass is 10.2. The lowest BCUT2D eigenvalue weighted by Gasteiger charge is -2.14. The van der Waals surface area contributed by atoms with Crippen LogP contribution < -0.4 is 5.32 Å². The van der Waals surface area contributed by atoms with Crippen LogP contribution in [-0.4, -0.2) is 27.9 Å². The summed E-state index contributed by atoms with van der Waals surface area (Å²) in [5.74, 6) is 1.10. The summed E-state index contributed by atoms with van der Waals surface area (Å²) < 4.78 is 0. The Morgan fingerprint density at radius 1 is 1.23 bits per heavy atom. The van der Waals surface area contributed by atoms with Crippen LogP contribution in [0.5, 0.6) is 0 Å². The van der Waals surface area contributed by atoms with E-state index in [1.165, 1.54) is 43.9 Å². The smallest absolute Gasteiger partial charge is 0.114 e. The number of benzene rings is 1. The number of aromatic amines is 1. The number of halogens is 1. The number of anilines is 1. The van der Waals surface area contributed by atoms with E-state index in [1.807, 2.05) is 37.7 Å². The van der Waals surface area contributed by atoms with Gasteiger partial charge in [0.2, 0.25) is 0 Å². The van der Waals surface area contributed by atoms with Gasteiger partial charge in [-0.3, -0.25) is 4.99 Å². The van der Waals surface area contributed by atoms with E-state index in [-0.39, 0.29) is 0 Å². The molecular weight excluding hydrogens is 362 g/mol. The molecule has 2 aliphatic rings. The molecule has 1 aliphatic heterocycles. The lowest BCUT2D eigenvalue weighted by molar-refractivity contribution is 0.670. The van der Waals surface area contributed by atoms with E-state index in [0.29, 0.717) is 12.1 Å². The molecule has 0 radical (unpaired) electrons. The molecule has 0 bridgehead atoms. The summed E-state index contributed by atoms with van der Waals surface area (Å²) in [5.41, 5.74) is 3.42. The average molecular weight is 392 g/mol. The number of fused-ring (bicyclic) bond motifs is 1. The van der Waals surface area contributed by atoms with Gasteiger partial charge in [-0.05, 0) is 37.5 Å². The van der Waals surface area contributed by atoms with Crippen LogP contribution in [0.4, 0.5) is 5.69 Å². The van der Waals surface area contributed by atoms with Crippen LogP contribution in [0.25, 0.3) is 10.9 Å². The molecule has 5 heteroatoms. The third kappa shape index (κ3) is 4.40. The zero-order valence-corrected chi connectivity index (χ0v) is 17.6. The van der Waals surface area contributed by atoms with Gasteiger partial charge in [-0.2, -0.15) is 0 Å². The normalized spacial score (nSPS) is 20.2. The van der Waals surface area contributed by atoms with Crippen molar-refractivity contribution in [2.75, 3.05) is 11.1 Å². The predicted octanol–water partition coefficient (Wildman–Crippen LogP) is 6.86. The SMILES string of the molecule is CC.CCCC1CSC(c2cc3cc(Cl)cc(NC4CCCC4)c3[nH]2)=N1. The van der Waals surface area contributed by atoms with Gasteiger partial charge < -0.3 is 10.3 Å². The highest BCUT2D eigenvalue weighted by atomic mass is 35.5. The highest BCUT2D eigenvalue weighted by Gasteiger charge is 2.21. The molecule has 1 aliphatic carbocycles. The minimum absolute atomic E-state index is 0.473. The Morgan fingerprint density at radius 3 is 2.73 bits per heavy atom. The number of nitrogens with one attached hydrogen (secondary N) is 2. The van der Waals surface area contributed by atoms with Crippen molar-refractivity contribution < 1.29 is 0 Å². The van der Waals surface area contributed by atoms with Crippen LogP contribution in [0.1, 0.15) is 65.0 Å². The van der Waals surface area contributed by atoms with Crippen molar-refractivity contribution in [3.05, 3.63) is 28.9 Å². The number of rotatable bonds is 5. The molecule has 1 saturated carbocycles. The number of hydrogen-bond acceptors (Lipinski definition) is 3. The zero-order chi connectivity index (χ0) is 18.5. The molecule has 3 nitrogen and oxygen atoms in total. The predicted molar refractivity (Wildman–Crippen MR) is 118 cm³/mol. The van der Waals surface area contributed by atoms with Crippen molar-refractivity contribution in [1.82, 2.24) is 4.98 Å². The first kappa shape index (κ1) is 19.6. The number of aliphatic imine (C=N–C) groups is 1. The number of aromatic nitrogens is 1. The van der Waals surface area contributed by atoms with Gasteiger partial charge in [0.1, 0.15) is 5.04 Å². The number of thioether (sulfide) groups is 1. The molecule has 2 aromatic rings. The summed E-state index contributed by atoms with van der Waals surface area (Å²) >= 11 is 8.22. The molecule has 2 heterocycles. The summed E-state index contributed by atoms with van der Waals surface area (Å²) in [7, 11) is 0. The van der Waals surface area contributed by atoms with Gasteiger partial charge in [-0.25, -0.2) is 0 Å². The molecule has 142 valence electrons. The van der Waals surface area contributed by atoms with Crippen LogP contribution in [0.2, 0.25) is 5.02 Å². The second kappa shape index (κ2) is 9.18. The van der Waals surface area contributed by atoms with Crippen LogP contribution in [0.15, 0.2) is 23.2 Å². The fourth-order valence-electron chi connectivity index (χ4n) is 3.77. The molecule has 4 rings (SSSR count). The standard InChI is InChI=1S/C19H24ClN3S.C2H6/c1-2-5-15-11-24-19(22-15)17-9-12-8-13(20)10-16(18(12)23-17)21-14-6-3-4-7-14;1-2/h8-10,14-15,21,23H,2-7,11H2,1H3;1-2H3. The summed E-state index contributed by atoms with van der Waals surface area (Å²) in [5, 5.41) is 6.80. The van der Waals surface area contributed by atoms with Gasteiger partial charge in [0, 0.05) is 22.2 Å². The first-order chi connectivity index (χ1) is 12.7. The Bertz CT molecular complexity index is 762. The fourth-order valence-corrected chi connectivity index (χ4v) is 5.08. The first-order valence-corrected chi connectivity index (χ1v) is 11.4. The van der Waals surface area contributed by atoms with Crippen LogP contribution >= 0.6 is 23.4 Å². The van der Waals surface area contributed by atoms with Crippen molar-refractivity contribution in [3.63, 3.8) is 0 Å². The third-order valence-corrected chi connectivity index (χ3v) is 6.34. The molecule has 1 aromatic carbocycles. The maximum atomic E-state index is 6.35. The maximum absolute atomic E-state index is 6.35.